The predicted molar refractivity (Wildman–Crippen MR) is 75.8 cm³/mol. The number of rotatable bonds is 5. The van der Waals surface area contributed by atoms with E-state index >= 15 is 0 Å². The minimum atomic E-state index is 0.781. The van der Waals surface area contributed by atoms with E-state index in [1.807, 2.05) is 19.2 Å². The largest absolute Gasteiger partial charge is 0.320 e. The first-order chi connectivity index (χ1) is 8.78. The number of hydrogen-bond acceptors (Lipinski definition) is 3. The van der Waals surface area contributed by atoms with E-state index in [4.69, 9.17) is 11.6 Å². The monoisotopic (exact) mass is 267 g/mol. The first kappa shape index (κ1) is 13.8. The highest BCUT2D eigenvalue weighted by atomic mass is 35.5. The Morgan fingerprint density at radius 1 is 1.44 bits per heavy atom. The van der Waals surface area contributed by atoms with Crippen molar-refractivity contribution in [2.24, 2.45) is 5.92 Å². The van der Waals surface area contributed by atoms with Crippen molar-refractivity contribution in [1.29, 1.82) is 0 Å². The molecule has 1 aliphatic heterocycles. The van der Waals surface area contributed by atoms with Gasteiger partial charge in [-0.05, 0) is 64.0 Å². The number of nitrogens with one attached hydrogen (secondary N) is 1. The zero-order valence-electron chi connectivity index (χ0n) is 11.0. The van der Waals surface area contributed by atoms with E-state index in [2.05, 4.69) is 15.2 Å². The average Bonchev–Trinajstić information content (AvgIpc) is 2.38. The molecular formula is C14H22ClN3. The number of hydrogen-bond donors (Lipinski definition) is 1. The molecule has 1 aromatic heterocycles. The molecule has 0 aromatic carbocycles. The smallest absolute Gasteiger partial charge is 0.0558 e. The molecule has 1 fully saturated rings. The van der Waals surface area contributed by atoms with Crippen LogP contribution in [0.1, 0.15) is 25.0 Å². The van der Waals surface area contributed by atoms with Gasteiger partial charge in [0.1, 0.15) is 0 Å². The molecule has 0 saturated carbocycles. The minimum Gasteiger partial charge on any atom is -0.320 e. The molecule has 2 heterocycles. The molecule has 1 aliphatic rings. The van der Waals surface area contributed by atoms with Gasteiger partial charge in [-0.3, -0.25) is 9.88 Å². The van der Waals surface area contributed by atoms with Gasteiger partial charge in [-0.2, -0.15) is 0 Å². The van der Waals surface area contributed by atoms with Gasteiger partial charge in [-0.1, -0.05) is 11.6 Å². The third-order valence-electron chi connectivity index (χ3n) is 3.67. The SMILES string of the molecule is CNCCC1CCN(Cc2cc(Cl)ccn2)CC1. The quantitative estimate of drug-likeness (QED) is 0.889. The highest BCUT2D eigenvalue weighted by molar-refractivity contribution is 6.30. The highest BCUT2D eigenvalue weighted by Crippen LogP contribution is 2.21. The second kappa shape index (κ2) is 7.07. The minimum absolute atomic E-state index is 0.781. The summed E-state index contributed by atoms with van der Waals surface area (Å²) in [7, 11) is 2.03. The van der Waals surface area contributed by atoms with Crippen molar-refractivity contribution < 1.29 is 0 Å². The van der Waals surface area contributed by atoms with Gasteiger partial charge in [0.05, 0.1) is 5.69 Å². The molecule has 0 aliphatic carbocycles. The summed E-state index contributed by atoms with van der Waals surface area (Å²) in [6, 6.07) is 3.80. The molecule has 2 rings (SSSR count). The molecule has 0 amide bonds. The van der Waals surface area contributed by atoms with Crippen LogP contribution in [0.4, 0.5) is 0 Å². The lowest BCUT2D eigenvalue weighted by Gasteiger charge is -2.31. The van der Waals surface area contributed by atoms with Crippen molar-refractivity contribution in [3.8, 4) is 0 Å². The van der Waals surface area contributed by atoms with Gasteiger partial charge >= 0.3 is 0 Å². The van der Waals surface area contributed by atoms with Crippen LogP contribution in [0.25, 0.3) is 0 Å². The van der Waals surface area contributed by atoms with Gasteiger partial charge in [0.25, 0.3) is 0 Å². The van der Waals surface area contributed by atoms with Crippen LogP contribution < -0.4 is 5.32 Å². The summed E-state index contributed by atoms with van der Waals surface area (Å²) in [6.07, 6.45) is 5.71. The molecule has 1 saturated heterocycles. The summed E-state index contributed by atoms with van der Waals surface area (Å²) in [6.45, 7) is 4.44. The van der Waals surface area contributed by atoms with Gasteiger partial charge in [0, 0.05) is 17.8 Å². The van der Waals surface area contributed by atoms with E-state index in [0.717, 1.165) is 29.7 Å². The number of pyridine rings is 1. The number of aromatic nitrogens is 1. The number of halogens is 1. The molecule has 1 aromatic rings. The van der Waals surface area contributed by atoms with E-state index in [-0.39, 0.29) is 0 Å². The van der Waals surface area contributed by atoms with Crippen LogP contribution in [0.15, 0.2) is 18.3 Å². The predicted octanol–water partition coefficient (Wildman–Crippen LogP) is 2.56. The van der Waals surface area contributed by atoms with Crippen LogP contribution >= 0.6 is 11.6 Å². The molecule has 3 nitrogen and oxygen atoms in total. The van der Waals surface area contributed by atoms with Gasteiger partial charge in [-0.25, -0.2) is 0 Å². The van der Waals surface area contributed by atoms with Crippen molar-refractivity contribution in [3.05, 3.63) is 29.0 Å². The second-order valence-electron chi connectivity index (χ2n) is 5.08. The number of nitrogens with zero attached hydrogens (tertiary/aromatic N) is 2. The lowest BCUT2D eigenvalue weighted by atomic mass is 9.93. The molecule has 0 bridgehead atoms. The lowest BCUT2D eigenvalue weighted by molar-refractivity contribution is 0.171. The van der Waals surface area contributed by atoms with Crippen molar-refractivity contribution in [3.63, 3.8) is 0 Å². The van der Waals surface area contributed by atoms with Crippen LogP contribution in [0, 0.1) is 5.92 Å². The first-order valence-electron chi connectivity index (χ1n) is 6.75. The van der Waals surface area contributed by atoms with Gasteiger partial charge in [0.2, 0.25) is 0 Å². The topological polar surface area (TPSA) is 28.2 Å². The Bertz CT molecular complexity index is 362. The fraction of sp³-hybridized carbons (Fsp3) is 0.643. The zero-order valence-corrected chi connectivity index (χ0v) is 11.8. The molecule has 100 valence electrons. The van der Waals surface area contributed by atoms with Crippen molar-refractivity contribution in [2.45, 2.75) is 25.8 Å². The van der Waals surface area contributed by atoms with E-state index < -0.39 is 0 Å². The Hall–Kier alpha value is -0.640. The maximum Gasteiger partial charge on any atom is 0.0558 e. The third-order valence-corrected chi connectivity index (χ3v) is 3.91. The van der Waals surface area contributed by atoms with Gasteiger partial charge < -0.3 is 5.32 Å². The van der Waals surface area contributed by atoms with E-state index in [1.165, 1.54) is 32.4 Å². The van der Waals surface area contributed by atoms with E-state index in [9.17, 15) is 0 Å². The summed E-state index contributed by atoms with van der Waals surface area (Å²) in [5.41, 5.74) is 1.08. The Kier molecular flexibility index (Phi) is 5.42. The molecule has 18 heavy (non-hydrogen) atoms. The molecule has 4 heteroatoms. The Morgan fingerprint density at radius 2 is 2.22 bits per heavy atom. The fourth-order valence-corrected chi connectivity index (χ4v) is 2.73. The maximum atomic E-state index is 5.98. The summed E-state index contributed by atoms with van der Waals surface area (Å²) >= 11 is 5.98. The van der Waals surface area contributed by atoms with Crippen LogP contribution in [-0.2, 0) is 6.54 Å². The van der Waals surface area contributed by atoms with Gasteiger partial charge in [0.15, 0.2) is 0 Å². The molecule has 0 radical (unpaired) electrons. The number of likely N-dealkylation sites (tertiary alicyclic amines) is 1. The van der Waals surface area contributed by atoms with E-state index in [0.29, 0.717) is 0 Å². The van der Waals surface area contributed by atoms with Crippen molar-refractivity contribution in [1.82, 2.24) is 15.2 Å². The molecule has 0 atom stereocenters. The second-order valence-corrected chi connectivity index (χ2v) is 5.51. The normalized spacial score (nSPS) is 18.1. The Balaban J connectivity index is 1.76. The van der Waals surface area contributed by atoms with Crippen LogP contribution in [-0.4, -0.2) is 36.6 Å². The molecular weight excluding hydrogens is 246 g/mol. The molecule has 0 unspecified atom stereocenters. The van der Waals surface area contributed by atoms with Gasteiger partial charge in [-0.15, -0.1) is 0 Å². The van der Waals surface area contributed by atoms with Crippen LogP contribution in [0.2, 0.25) is 5.02 Å². The van der Waals surface area contributed by atoms with E-state index in [1.54, 1.807) is 6.20 Å². The highest BCUT2D eigenvalue weighted by Gasteiger charge is 2.18. The lowest BCUT2D eigenvalue weighted by Crippen LogP contribution is -2.34. The van der Waals surface area contributed by atoms with Crippen LogP contribution in [0.5, 0.6) is 0 Å². The Labute approximate surface area is 115 Å². The third kappa shape index (κ3) is 4.23. The number of piperidine rings is 1. The summed E-state index contributed by atoms with van der Waals surface area (Å²) in [4.78, 5) is 6.85. The first-order valence-corrected chi connectivity index (χ1v) is 7.13. The molecule has 1 N–H and O–H groups in total. The zero-order chi connectivity index (χ0) is 12.8. The average molecular weight is 268 g/mol. The summed E-state index contributed by atoms with van der Waals surface area (Å²) in [5.74, 6) is 0.890. The molecule has 0 spiro atoms. The Morgan fingerprint density at radius 3 is 2.89 bits per heavy atom. The van der Waals surface area contributed by atoms with Crippen molar-refractivity contribution >= 4 is 11.6 Å². The van der Waals surface area contributed by atoms with Crippen molar-refractivity contribution in [2.75, 3.05) is 26.7 Å². The van der Waals surface area contributed by atoms with Crippen LogP contribution in [0.3, 0.4) is 0 Å². The standard InChI is InChI=1S/C14H22ClN3/c1-16-6-2-12-4-8-18(9-5-12)11-14-10-13(15)3-7-17-14/h3,7,10,12,16H,2,4-6,8-9,11H2,1H3. The summed E-state index contributed by atoms with van der Waals surface area (Å²) < 4.78 is 0. The maximum absolute atomic E-state index is 5.98. The summed E-state index contributed by atoms with van der Waals surface area (Å²) in [5, 5.41) is 4.02. The fourth-order valence-electron chi connectivity index (χ4n) is 2.55.